The molecule has 0 aromatic heterocycles. The standard InChI is InChI=1S/C18H24ClNO/c1-16(15-21-18-10-6-3-7-11-18)20(13-12-19)14-17-8-4-2-5-9-17/h2,4-6,8-11,16H,3,7,12-15H2,1H3. The Bertz CT molecular complexity index is 469. The molecule has 1 aliphatic rings. The summed E-state index contributed by atoms with van der Waals surface area (Å²) >= 11 is 5.95. The Labute approximate surface area is 133 Å². The van der Waals surface area contributed by atoms with E-state index < -0.39 is 0 Å². The average Bonchev–Trinajstić information content (AvgIpc) is 2.54. The van der Waals surface area contributed by atoms with Gasteiger partial charge < -0.3 is 4.74 Å². The highest BCUT2D eigenvalue weighted by Crippen LogP contribution is 2.14. The summed E-state index contributed by atoms with van der Waals surface area (Å²) in [7, 11) is 0. The zero-order valence-electron chi connectivity index (χ0n) is 12.7. The lowest BCUT2D eigenvalue weighted by Crippen LogP contribution is -2.37. The third-order valence-electron chi connectivity index (χ3n) is 3.68. The van der Waals surface area contributed by atoms with Gasteiger partial charge in [0.05, 0.1) is 0 Å². The molecule has 114 valence electrons. The average molecular weight is 306 g/mol. The van der Waals surface area contributed by atoms with Crippen LogP contribution in [0.1, 0.15) is 25.3 Å². The van der Waals surface area contributed by atoms with Crippen molar-refractivity contribution in [3.05, 3.63) is 59.9 Å². The Morgan fingerprint density at radius 3 is 2.71 bits per heavy atom. The van der Waals surface area contributed by atoms with Crippen molar-refractivity contribution < 1.29 is 4.74 Å². The summed E-state index contributed by atoms with van der Waals surface area (Å²) in [6.45, 7) is 4.67. The van der Waals surface area contributed by atoms with E-state index in [2.05, 4.69) is 54.3 Å². The minimum Gasteiger partial charge on any atom is -0.492 e. The highest BCUT2D eigenvalue weighted by atomic mass is 35.5. The molecule has 2 rings (SSSR count). The fourth-order valence-corrected chi connectivity index (χ4v) is 2.62. The van der Waals surface area contributed by atoms with Gasteiger partial charge in [-0.3, -0.25) is 4.90 Å². The number of hydrogen-bond acceptors (Lipinski definition) is 2. The summed E-state index contributed by atoms with van der Waals surface area (Å²) in [5.41, 5.74) is 1.31. The maximum atomic E-state index is 5.95. The highest BCUT2D eigenvalue weighted by Gasteiger charge is 2.15. The van der Waals surface area contributed by atoms with Crippen LogP contribution in [-0.4, -0.2) is 30.0 Å². The van der Waals surface area contributed by atoms with Crippen LogP contribution in [-0.2, 0) is 11.3 Å². The van der Waals surface area contributed by atoms with Crippen molar-refractivity contribution in [2.75, 3.05) is 19.0 Å². The van der Waals surface area contributed by atoms with E-state index in [1.807, 2.05) is 6.07 Å². The minimum atomic E-state index is 0.334. The second-order valence-electron chi connectivity index (χ2n) is 5.39. The second kappa shape index (κ2) is 8.91. The number of ether oxygens (including phenoxy) is 1. The van der Waals surface area contributed by atoms with Crippen molar-refractivity contribution in [3.63, 3.8) is 0 Å². The third kappa shape index (κ3) is 5.56. The van der Waals surface area contributed by atoms with Crippen molar-refractivity contribution in [2.45, 2.75) is 32.4 Å². The van der Waals surface area contributed by atoms with Gasteiger partial charge in [-0.15, -0.1) is 11.6 Å². The van der Waals surface area contributed by atoms with E-state index >= 15 is 0 Å². The van der Waals surface area contributed by atoms with Crippen molar-refractivity contribution in [3.8, 4) is 0 Å². The van der Waals surface area contributed by atoms with Gasteiger partial charge in [-0.25, -0.2) is 0 Å². The van der Waals surface area contributed by atoms with Gasteiger partial charge in [-0.1, -0.05) is 36.4 Å². The molecule has 0 amide bonds. The van der Waals surface area contributed by atoms with Crippen molar-refractivity contribution in [1.82, 2.24) is 4.90 Å². The zero-order chi connectivity index (χ0) is 14.9. The molecule has 0 heterocycles. The first-order chi connectivity index (χ1) is 10.3. The molecule has 1 aliphatic carbocycles. The summed E-state index contributed by atoms with van der Waals surface area (Å²) in [5.74, 6) is 1.64. The lowest BCUT2D eigenvalue weighted by molar-refractivity contribution is 0.110. The molecule has 0 N–H and O–H groups in total. The lowest BCUT2D eigenvalue weighted by atomic mass is 10.1. The summed E-state index contributed by atoms with van der Waals surface area (Å²) < 4.78 is 5.90. The SMILES string of the molecule is CC(COC1=CCCC=C1)N(CCCl)Cc1ccccc1. The molecule has 2 nitrogen and oxygen atoms in total. The Morgan fingerprint density at radius 2 is 2.05 bits per heavy atom. The fourth-order valence-electron chi connectivity index (χ4n) is 2.40. The number of allylic oxidation sites excluding steroid dienone is 3. The molecule has 0 radical (unpaired) electrons. The van der Waals surface area contributed by atoms with Gasteiger partial charge in [-0.2, -0.15) is 0 Å². The van der Waals surface area contributed by atoms with Crippen molar-refractivity contribution in [1.29, 1.82) is 0 Å². The van der Waals surface area contributed by atoms with Crippen LogP contribution >= 0.6 is 11.6 Å². The van der Waals surface area contributed by atoms with Crippen LogP contribution in [0.25, 0.3) is 0 Å². The van der Waals surface area contributed by atoms with Crippen LogP contribution in [0, 0.1) is 0 Å². The highest BCUT2D eigenvalue weighted by molar-refractivity contribution is 6.18. The minimum absolute atomic E-state index is 0.334. The van der Waals surface area contributed by atoms with Crippen LogP contribution in [0.4, 0.5) is 0 Å². The van der Waals surface area contributed by atoms with Gasteiger partial charge >= 0.3 is 0 Å². The van der Waals surface area contributed by atoms with E-state index in [4.69, 9.17) is 16.3 Å². The van der Waals surface area contributed by atoms with Crippen molar-refractivity contribution in [2.24, 2.45) is 0 Å². The first kappa shape index (κ1) is 16.1. The van der Waals surface area contributed by atoms with E-state index in [1.54, 1.807) is 0 Å². The number of rotatable bonds is 8. The Morgan fingerprint density at radius 1 is 1.24 bits per heavy atom. The molecule has 0 bridgehead atoms. The molecule has 0 saturated heterocycles. The van der Waals surface area contributed by atoms with Gasteiger partial charge in [0.2, 0.25) is 0 Å². The normalized spacial score (nSPS) is 15.9. The molecular formula is C18H24ClNO. The summed E-state index contributed by atoms with van der Waals surface area (Å²) in [6.07, 6.45) is 8.60. The molecule has 3 heteroatoms. The van der Waals surface area contributed by atoms with E-state index in [0.29, 0.717) is 18.5 Å². The number of nitrogens with zero attached hydrogens (tertiary/aromatic N) is 1. The van der Waals surface area contributed by atoms with Gasteiger partial charge in [0, 0.05) is 25.0 Å². The van der Waals surface area contributed by atoms with Gasteiger partial charge in [0.15, 0.2) is 0 Å². The van der Waals surface area contributed by atoms with E-state index in [9.17, 15) is 0 Å². The summed E-state index contributed by atoms with van der Waals surface area (Å²) in [4.78, 5) is 2.37. The number of hydrogen-bond donors (Lipinski definition) is 0. The molecule has 0 aliphatic heterocycles. The molecular weight excluding hydrogens is 282 g/mol. The van der Waals surface area contributed by atoms with Crippen LogP contribution in [0.3, 0.4) is 0 Å². The quantitative estimate of drug-likeness (QED) is 0.661. The molecule has 0 spiro atoms. The molecule has 1 atom stereocenters. The van der Waals surface area contributed by atoms with Gasteiger partial charge in [-0.05, 0) is 37.5 Å². The Hall–Kier alpha value is -1.25. The first-order valence-corrected chi connectivity index (χ1v) is 8.16. The molecule has 1 unspecified atom stereocenters. The number of alkyl halides is 1. The molecule has 21 heavy (non-hydrogen) atoms. The number of benzene rings is 1. The molecule has 0 saturated carbocycles. The fraction of sp³-hybridized carbons (Fsp3) is 0.444. The van der Waals surface area contributed by atoms with Crippen LogP contribution in [0.5, 0.6) is 0 Å². The molecule has 0 fully saturated rings. The predicted molar refractivity (Wildman–Crippen MR) is 89.4 cm³/mol. The maximum Gasteiger partial charge on any atom is 0.115 e. The topological polar surface area (TPSA) is 12.5 Å². The third-order valence-corrected chi connectivity index (χ3v) is 3.84. The van der Waals surface area contributed by atoms with Gasteiger partial charge in [0.25, 0.3) is 0 Å². The predicted octanol–water partition coefficient (Wildman–Crippen LogP) is 4.37. The lowest BCUT2D eigenvalue weighted by Gasteiger charge is -2.28. The van der Waals surface area contributed by atoms with Crippen molar-refractivity contribution >= 4 is 11.6 Å². The Balaban J connectivity index is 1.87. The monoisotopic (exact) mass is 305 g/mol. The smallest absolute Gasteiger partial charge is 0.115 e. The van der Waals surface area contributed by atoms with Crippen LogP contribution in [0.2, 0.25) is 0 Å². The van der Waals surface area contributed by atoms with E-state index in [1.165, 1.54) is 5.56 Å². The van der Waals surface area contributed by atoms with E-state index in [0.717, 1.165) is 31.7 Å². The zero-order valence-corrected chi connectivity index (χ0v) is 13.4. The first-order valence-electron chi connectivity index (χ1n) is 7.63. The largest absolute Gasteiger partial charge is 0.492 e. The molecule has 1 aromatic rings. The Kier molecular flexibility index (Phi) is 6.84. The summed E-state index contributed by atoms with van der Waals surface area (Å²) in [6, 6.07) is 10.8. The second-order valence-corrected chi connectivity index (χ2v) is 5.77. The van der Waals surface area contributed by atoms with Crippen LogP contribution in [0.15, 0.2) is 54.3 Å². The van der Waals surface area contributed by atoms with Gasteiger partial charge in [0.1, 0.15) is 12.4 Å². The summed E-state index contributed by atoms with van der Waals surface area (Å²) in [5, 5.41) is 0. The maximum absolute atomic E-state index is 5.95. The van der Waals surface area contributed by atoms with Crippen LogP contribution < -0.4 is 0 Å². The molecule has 1 aromatic carbocycles. The van der Waals surface area contributed by atoms with E-state index in [-0.39, 0.29) is 0 Å². The number of halogens is 1.